The lowest BCUT2D eigenvalue weighted by Crippen LogP contribution is -2.18. The largest absolute Gasteiger partial charge is 0.481 e. The number of carboxylic acids is 1. The number of unbranched alkanes of at least 4 members (excludes halogenated alkanes) is 2. The van der Waals surface area contributed by atoms with Gasteiger partial charge in [-0.1, -0.05) is 33.1 Å². The van der Waals surface area contributed by atoms with Crippen molar-refractivity contribution in [2.45, 2.75) is 53.9 Å². The van der Waals surface area contributed by atoms with Gasteiger partial charge in [-0.25, -0.2) is 0 Å². The molecule has 0 aliphatic heterocycles. The minimum Gasteiger partial charge on any atom is -0.481 e. The van der Waals surface area contributed by atoms with Crippen LogP contribution in [0, 0.1) is 5.41 Å². The highest BCUT2D eigenvalue weighted by molar-refractivity contribution is 5.72. The van der Waals surface area contributed by atoms with E-state index in [1.807, 2.05) is 0 Å². The molecule has 0 aliphatic carbocycles. The van der Waals surface area contributed by atoms with Crippen LogP contribution in [0.1, 0.15) is 53.9 Å². The van der Waals surface area contributed by atoms with Crippen LogP contribution < -0.4 is 0 Å². The molecule has 0 aromatic heterocycles. The standard InChI is InChI=1S/C5H10O2.C5H12/c1-5(2,3)4(6)7;1-3-5-4-2/h1-3H3,(H,6,7);3-5H2,1-2H3. The van der Waals surface area contributed by atoms with E-state index in [0.717, 1.165) is 0 Å². The van der Waals surface area contributed by atoms with E-state index in [2.05, 4.69) is 13.8 Å². The molecule has 0 radical (unpaired) electrons. The molecule has 0 atom stereocenters. The van der Waals surface area contributed by atoms with Gasteiger partial charge in [-0.3, -0.25) is 4.79 Å². The Bertz CT molecular complexity index is 109. The van der Waals surface area contributed by atoms with Gasteiger partial charge in [0, 0.05) is 0 Å². The molecule has 0 rings (SSSR count). The number of hydrogen-bond acceptors (Lipinski definition) is 1. The van der Waals surface area contributed by atoms with Crippen molar-refractivity contribution in [1.29, 1.82) is 0 Å². The molecule has 0 spiro atoms. The molecule has 2 heteroatoms. The molecule has 0 aromatic carbocycles. The summed E-state index contributed by atoms with van der Waals surface area (Å²) in [7, 11) is 0. The van der Waals surface area contributed by atoms with Gasteiger partial charge in [-0.2, -0.15) is 0 Å². The summed E-state index contributed by atoms with van der Waals surface area (Å²) in [6, 6.07) is 0. The maximum absolute atomic E-state index is 10.0. The van der Waals surface area contributed by atoms with Crippen LogP contribution in [-0.4, -0.2) is 11.1 Å². The summed E-state index contributed by atoms with van der Waals surface area (Å²) in [5.41, 5.74) is -0.583. The van der Waals surface area contributed by atoms with Crippen LogP contribution in [0.3, 0.4) is 0 Å². The van der Waals surface area contributed by atoms with Crippen molar-refractivity contribution in [2.75, 3.05) is 0 Å². The molecule has 0 saturated carbocycles. The molecule has 0 bridgehead atoms. The van der Waals surface area contributed by atoms with E-state index in [0.29, 0.717) is 0 Å². The summed E-state index contributed by atoms with van der Waals surface area (Å²) in [5.74, 6) is -0.757. The normalized spacial score (nSPS) is 10.1. The van der Waals surface area contributed by atoms with Crippen LogP contribution >= 0.6 is 0 Å². The number of hydrogen-bond donors (Lipinski definition) is 1. The molecule has 74 valence electrons. The van der Waals surface area contributed by atoms with E-state index < -0.39 is 11.4 Å². The van der Waals surface area contributed by atoms with Gasteiger partial charge in [0.05, 0.1) is 5.41 Å². The summed E-state index contributed by atoms with van der Waals surface area (Å²) in [6.07, 6.45) is 4.08. The van der Waals surface area contributed by atoms with Crippen molar-refractivity contribution in [1.82, 2.24) is 0 Å². The van der Waals surface area contributed by atoms with E-state index in [1.165, 1.54) is 19.3 Å². The second-order valence-electron chi connectivity index (χ2n) is 3.91. The SMILES string of the molecule is CC(C)(C)C(=O)O.CCCCC. The Morgan fingerprint density at radius 2 is 1.42 bits per heavy atom. The molecule has 0 unspecified atom stereocenters. The van der Waals surface area contributed by atoms with E-state index >= 15 is 0 Å². The number of carboxylic acid groups (broad SMARTS) is 1. The van der Waals surface area contributed by atoms with Crippen molar-refractivity contribution in [2.24, 2.45) is 5.41 Å². The lowest BCUT2D eigenvalue weighted by molar-refractivity contribution is -0.145. The highest BCUT2D eigenvalue weighted by atomic mass is 16.4. The summed E-state index contributed by atoms with van der Waals surface area (Å²) < 4.78 is 0. The van der Waals surface area contributed by atoms with Crippen molar-refractivity contribution in [3.05, 3.63) is 0 Å². The first-order valence-corrected chi connectivity index (χ1v) is 4.59. The predicted molar refractivity (Wildman–Crippen MR) is 52.3 cm³/mol. The molecular weight excluding hydrogens is 152 g/mol. The molecule has 2 nitrogen and oxygen atoms in total. The maximum atomic E-state index is 10.0. The molecule has 0 aliphatic rings. The highest BCUT2D eigenvalue weighted by Gasteiger charge is 2.18. The van der Waals surface area contributed by atoms with Crippen LogP contribution in [0.25, 0.3) is 0 Å². The van der Waals surface area contributed by atoms with E-state index in [-0.39, 0.29) is 0 Å². The first kappa shape index (κ1) is 14.0. The van der Waals surface area contributed by atoms with Gasteiger partial charge in [-0.05, 0) is 20.8 Å². The van der Waals surface area contributed by atoms with Gasteiger partial charge in [0.25, 0.3) is 0 Å². The van der Waals surface area contributed by atoms with Gasteiger partial charge in [-0.15, -0.1) is 0 Å². The monoisotopic (exact) mass is 174 g/mol. The fourth-order valence-electron chi connectivity index (χ4n) is 0.354. The Morgan fingerprint density at radius 1 is 1.17 bits per heavy atom. The quantitative estimate of drug-likeness (QED) is 0.697. The second-order valence-corrected chi connectivity index (χ2v) is 3.91. The topological polar surface area (TPSA) is 37.3 Å². The van der Waals surface area contributed by atoms with Crippen molar-refractivity contribution in [3.63, 3.8) is 0 Å². The maximum Gasteiger partial charge on any atom is 0.308 e. The number of rotatable bonds is 2. The van der Waals surface area contributed by atoms with Crippen LogP contribution in [0.4, 0.5) is 0 Å². The van der Waals surface area contributed by atoms with Crippen LogP contribution in [0.5, 0.6) is 0 Å². The lowest BCUT2D eigenvalue weighted by atomic mass is 9.98. The molecule has 12 heavy (non-hydrogen) atoms. The fourth-order valence-corrected chi connectivity index (χ4v) is 0.354. The average Bonchev–Trinajstić information content (AvgIpc) is 1.88. The Balaban J connectivity index is 0. The molecular formula is C10H22O2. The van der Waals surface area contributed by atoms with Crippen molar-refractivity contribution >= 4 is 5.97 Å². The zero-order valence-corrected chi connectivity index (χ0v) is 8.98. The lowest BCUT2D eigenvalue weighted by Gasteiger charge is -2.08. The molecule has 0 heterocycles. The Morgan fingerprint density at radius 3 is 1.42 bits per heavy atom. The highest BCUT2D eigenvalue weighted by Crippen LogP contribution is 2.11. The summed E-state index contributed by atoms with van der Waals surface area (Å²) in [6.45, 7) is 9.41. The summed E-state index contributed by atoms with van der Waals surface area (Å²) >= 11 is 0. The van der Waals surface area contributed by atoms with Crippen LogP contribution in [-0.2, 0) is 4.79 Å². The zero-order chi connectivity index (χ0) is 10.2. The Hall–Kier alpha value is -0.530. The van der Waals surface area contributed by atoms with Crippen molar-refractivity contribution < 1.29 is 9.90 Å². The molecule has 0 saturated heterocycles. The van der Waals surface area contributed by atoms with Gasteiger partial charge in [0.1, 0.15) is 0 Å². The Labute approximate surface area is 76.0 Å². The van der Waals surface area contributed by atoms with E-state index in [9.17, 15) is 4.79 Å². The smallest absolute Gasteiger partial charge is 0.308 e. The second kappa shape index (κ2) is 7.14. The average molecular weight is 174 g/mol. The first-order chi connectivity index (χ1) is 5.36. The van der Waals surface area contributed by atoms with Crippen molar-refractivity contribution in [3.8, 4) is 0 Å². The summed E-state index contributed by atoms with van der Waals surface area (Å²) in [4.78, 5) is 10.0. The molecule has 1 N–H and O–H groups in total. The number of aliphatic carboxylic acids is 1. The zero-order valence-electron chi connectivity index (χ0n) is 8.98. The summed E-state index contributed by atoms with van der Waals surface area (Å²) in [5, 5.41) is 8.25. The van der Waals surface area contributed by atoms with Crippen LogP contribution in [0.2, 0.25) is 0 Å². The van der Waals surface area contributed by atoms with Gasteiger partial charge < -0.3 is 5.11 Å². The molecule has 0 amide bonds. The first-order valence-electron chi connectivity index (χ1n) is 4.59. The Kier molecular flexibility index (Phi) is 8.34. The minimum absolute atomic E-state index is 0.583. The van der Waals surface area contributed by atoms with E-state index in [4.69, 9.17) is 5.11 Å². The van der Waals surface area contributed by atoms with Gasteiger partial charge >= 0.3 is 5.97 Å². The third-order valence-corrected chi connectivity index (χ3v) is 1.35. The minimum atomic E-state index is -0.757. The third kappa shape index (κ3) is 12.2. The fraction of sp³-hybridized carbons (Fsp3) is 0.900. The molecule has 0 fully saturated rings. The van der Waals surface area contributed by atoms with Gasteiger partial charge in [0.15, 0.2) is 0 Å². The van der Waals surface area contributed by atoms with E-state index in [1.54, 1.807) is 20.8 Å². The third-order valence-electron chi connectivity index (χ3n) is 1.35. The van der Waals surface area contributed by atoms with Crippen LogP contribution in [0.15, 0.2) is 0 Å². The molecule has 0 aromatic rings. The van der Waals surface area contributed by atoms with Gasteiger partial charge in [0.2, 0.25) is 0 Å². The predicted octanol–water partition coefficient (Wildman–Crippen LogP) is 3.31. The number of carbonyl (C=O) groups is 1.